The molecule has 0 spiro atoms. The van der Waals surface area contributed by atoms with Crippen molar-refractivity contribution < 1.29 is 10.2 Å². The SMILES string of the molecule is OC(O)CCCCCCl. The maximum atomic E-state index is 8.37. The van der Waals surface area contributed by atoms with Crippen LogP contribution in [0.3, 0.4) is 0 Å². The van der Waals surface area contributed by atoms with Crippen LogP contribution in [0.25, 0.3) is 0 Å². The molecule has 2 nitrogen and oxygen atoms in total. The van der Waals surface area contributed by atoms with E-state index in [-0.39, 0.29) is 0 Å². The number of aliphatic hydroxyl groups excluding tert-OH is 1. The molecule has 2 N–H and O–H groups in total. The van der Waals surface area contributed by atoms with Gasteiger partial charge in [0.2, 0.25) is 0 Å². The summed E-state index contributed by atoms with van der Waals surface area (Å²) in [6, 6.07) is 0. The number of rotatable bonds is 5. The van der Waals surface area contributed by atoms with Gasteiger partial charge in [-0.3, -0.25) is 0 Å². The summed E-state index contributed by atoms with van der Waals surface area (Å²) in [4.78, 5) is 0. The standard InChI is InChI=1S/C6H13ClO2/c7-5-3-1-2-4-6(8)9/h6,8-9H,1-5H2. The maximum absolute atomic E-state index is 8.37. The molecule has 0 bridgehead atoms. The van der Waals surface area contributed by atoms with Crippen LogP contribution in [0.5, 0.6) is 0 Å². The molecule has 56 valence electrons. The molecule has 0 aromatic carbocycles. The van der Waals surface area contributed by atoms with Crippen molar-refractivity contribution in [2.24, 2.45) is 0 Å². The molecule has 0 aliphatic heterocycles. The smallest absolute Gasteiger partial charge is 0.151 e. The van der Waals surface area contributed by atoms with Gasteiger partial charge in [-0.25, -0.2) is 0 Å². The third-order valence-electron chi connectivity index (χ3n) is 1.10. The maximum Gasteiger partial charge on any atom is 0.151 e. The van der Waals surface area contributed by atoms with Gasteiger partial charge in [0.25, 0.3) is 0 Å². The van der Waals surface area contributed by atoms with Crippen LogP contribution in [-0.4, -0.2) is 22.4 Å². The third kappa shape index (κ3) is 8.21. The van der Waals surface area contributed by atoms with E-state index in [4.69, 9.17) is 21.8 Å². The molecule has 0 aliphatic carbocycles. The molecule has 0 aliphatic rings. The summed E-state index contributed by atoms with van der Waals surface area (Å²) >= 11 is 5.39. The molecule has 0 amide bonds. The number of hydrogen-bond acceptors (Lipinski definition) is 2. The van der Waals surface area contributed by atoms with Crippen molar-refractivity contribution in [2.45, 2.75) is 32.0 Å². The molecule has 9 heavy (non-hydrogen) atoms. The van der Waals surface area contributed by atoms with Crippen molar-refractivity contribution in [3.63, 3.8) is 0 Å². The van der Waals surface area contributed by atoms with Crippen molar-refractivity contribution in [2.75, 3.05) is 5.88 Å². The summed E-state index contributed by atoms with van der Waals surface area (Å²) in [6.45, 7) is 0. The number of aliphatic hydroxyl groups is 2. The van der Waals surface area contributed by atoms with Crippen LogP contribution in [0, 0.1) is 0 Å². The number of unbranched alkanes of at least 4 members (excludes halogenated alkanes) is 2. The van der Waals surface area contributed by atoms with Gasteiger partial charge in [-0.15, -0.1) is 11.6 Å². The Morgan fingerprint density at radius 1 is 1.11 bits per heavy atom. The highest BCUT2D eigenvalue weighted by molar-refractivity contribution is 6.17. The van der Waals surface area contributed by atoms with Gasteiger partial charge in [-0.1, -0.05) is 6.42 Å². The molecule has 0 aromatic heterocycles. The largest absolute Gasteiger partial charge is 0.368 e. The fraction of sp³-hybridized carbons (Fsp3) is 1.00. The van der Waals surface area contributed by atoms with Gasteiger partial charge in [0.1, 0.15) is 0 Å². The van der Waals surface area contributed by atoms with Gasteiger partial charge in [0, 0.05) is 5.88 Å². The average molecular weight is 153 g/mol. The van der Waals surface area contributed by atoms with E-state index in [1.54, 1.807) is 0 Å². The highest BCUT2D eigenvalue weighted by Crippen LogP contribution is 2.02. The Morgan fingerprint density at radius 3 is 2.22 bits per heavy atom. The molecule has 3 heteroatoms. The molecule has 0 unspecified atom stereocenters. The summed E-state index contributed by atoms with van der Waals surface area (Å²) in [7, 11) is 0. The molecular formula is C6H13ClO2. The predicted octanol–water partition coefficient (Wildman–Crippen LogP) is 1.10. The Morgan fingerprint density at radius 2 is 1.78 bits per heavy atom. The zero-order valence-electron chi connectivity index (χ0n) is 5.39. The lowest BCUT2D eigenvalue weighted by atomic mass is 10.2. The fourth-order valence-corrected chi connectivity index (χ4v) is 0.787. The second-order valence-electron chi connectivity index (χ2n) is 2.02. The Balaban J connectivity index is 2.75. The first kappa shape index (κ1) is 9.21. The van der Waals surface area contributed by atoms with E-state index in [0.717, 1.165) is 19.3 Å². The van der Waals surface area contributed by atoms with Crippen molar-refractivity contribution in [3.05, 3.63) is 0 Å². The van der Waals surface area contributed by atoms with E-state index in [1.807, 2.05) is 0 Å². The number of hydrogen-bond donors (Lipinski definition) is 2. The Hall–Kier alpha value is 0.210. The highest BCUT2D eigenvalue weighted by atomic mass is 35.5. The predicted molar refractivity (Wildman–Crippen MR) is 37.4 cm³/mol. The lowest BCUT2D eigenvalue weighted by Gasteiger charge is -2.00. The fourth-order valence-electron chi connectivity index (χ4n) is 0.598. The first-order chi connectivity index (χ1) is 4.27. The van der Waals surface area contributed by atoms with Crippen LogP contribution in [0.2, 0.25) is 0 Å². The minimum atomic E-state index is -1.14. The molecule has 0 aromatic rings. The third-order valence-corrected chi connectivity index (χ3v) is 1.36. The van der Waals surface area contributed by atoms with Gasteiger partial charge in [-0.2, -0.15) is 0 Å². The lowest BCUT2D eigenvalue weighted by molar-refractivity contribution is -0.0465. The van der Waals surface area contributed by atoms with Crippen LogP contribution >= 0.6 is 11.6 Å². The average Bonchev–Trinajstić information content (AvgIpc) is 1.80. The molecular weight excluding hydrogens is 140 g/mol. The summed E-state index contributed by atoms with van der Waals surface area (Å²) in [5.41, 5.74) is 0. The topological polar surface area (TPSA) is 40.5 Å². The van der Waals surface area contributed by atoms with Crippen LogP contribution < -0.4 is 0 Å². The van der Waals surface area contributed by atoms with E-state index in [9.17, 15) is 0 Å². The molecule has 0 radical (unpaired) electrons. The van der Waals surface area contributed by atoms with Gasteiger partial charge >= 0.3 is 0 Å². The van der Waals surface area contributed by atoms with Gasteiger partial charge < -0.3 is 10.2 Å². The molecule has 0 heterocycles. The van der Waals surface area contributed by atoms with E-state index >= 15 is 0 Å². The first-order valence-electron chi connectivity index (χ1n) is 3.19. The second kappa shape index (κ2) is 6.33. The molecule has 0 rings (SSSR count). The van der Waals surface area contributed by atoms with Crippen LogP contribution in [0.15, 0.2) is 0 Å². The summed E-state index contributed by atoms with van der Waals surface area (Å²) < 4.78 is 0. The number of halogens is 1. The van der Waals surface area contributed by atoms with E-state index < -0.39 is 6.29 Å². The van der Waals surface area contributed by atoms with Gasteiger partial charge in [-0.05, 0) is 19.3 Å². The molecule has 0 atom stereocenters. The van der Waals surface area contributed by atoms with Gasteiger partial charge in [0.05, 0.1) is 0 Å². The Bertz CT molecular complexity index is 57.0. The zero-order chi connectivity index (χ0) is 7.11. The molecule has 0 fully saturated rings. The molecule has 0 saturated heterocycles. The van der Waals surface area contributed by atoms with Crippen molar-refractivity contribution in [1.82, 2.24) is 0 Å². The van der Waals surface area contributed by atoms with Crippen LogP contribution in [-0.2, 0) is 0 Å². The summed E-state index contributed by atoms with van der Waals surface area (Å²) in [6.07, 6.45) is 2.14. The van der Waals surface area contributed by atoms with Crippen LogP contribution in [0.4, 0.5) is 0 Å². The summed E-state index contributed by atoms with van der Waals surface area (Å²) in [5, 5.41) is 16.7. The van der Waals surface area contributed by atoms with E-state index in [2.05, 4.69) is 0 Å². The Labute approximate surface area is 60.5 Å². The van der Waals surface area contributed by atoms with Crippen LogP contribution in [0.1, 0.15) is 25.7 Å². The van der Waals surface area contributed by atoms with E-state index in [0.29, 0.717) is 12.3 Å². The quantitative estimate of drug-likeness (QED) is 0.352. The monoisotopic (exact) mass is 152 g/mol. The highest BCUT2D eigenvalue weighted by Gasteiger charge is 1.94. The van der Waals surface area contributed by atoms with Crippen molar-refractivity contribution in [3.8, 4) is 0 Å². The van der Waals surface area contributed by atoms with E-state index in [1.165, 1.54) is 0 Å². The zero-order valence-corrected chi connectivity index (χ0v) is 6.14. The second-order valence-corrected chi connectivity index (χ2v) is 2.40. The van der Waals surface area contributed by atoms with Gasteiger partial charge in [0.15, 0.2) is 6.29 Å². The summed E-state index contributed by atoms with van der Waals surface area (Å²) in [5.74, 6) is 0.668. The molecule has 0 saturated carbocycles. The Kier molecular flexibility index (Phi) is 6.48. The minimum absolute atomic E-state index is 0.469. The lowest BCUT2D eigenvalue weighted by Crippen LogP contribution is -2.02. The normalized spacial score (nSPS) is 10.7. The van der Waals surface area contributed by atoms with Crippen molar-refractivity contribution >= 4 is 11.6 Å². The number of alkyl halides is 1. The minimum Gasteiger partial charge on any atom is -0.368 e. The van der Waals surface area contributed by atoms with Crippen molar-refractivity contribution in [1.29, 1.82) is 0 Å². The first-order valence-corrected chi connectivity index (χ1v) is 3.73.